The summed E-state index contributed by atoms with van der Waals surface area (Å²) in [6, 6.07) is 14.0. The van der Waals surface area contributed by atoms with Crippen LogP contribution in [0.4, 0.5) is 11.4 Å². The monoisotopic (exact) mass is 336 g/mol. The lowest BCUT2D eigenvalue weighted by Gasteiger charge is -2.26. The Morgan fingerprint density at radius 3 is 2.57 bits per heavy atom. The number of fused-ring (bicyclic) bond motifs is 1. The number of benzene rings is 2. The summed E-state index contributed by atoms with van der Waals surface area (Å²) in [4.78, 5) is 2.14. The lowest BCUT2D eigenvalue weighted by molar-refractivity contribution is 0.776. The van der Waals surface area contributed by atoms with Crippen molar-refractivity contribution in [3.05, 3.63) is 58.1 Å². The average molecular weight is 337 g/mol. The van der Waals surface area contributed by atoms with Crippen molar-refractivity contribution in [2.45, 2.75) is 19.4 Å². The van der Waals surface area contributed by atoms with Crippen LogP contribution in [-0.4, -0.2) is 11.2 Å². The highest BCUT2D eigenvalue weighted by molar-refractivity contribution is 7.80. The van der Waals surface area contributed by atoms with E-state index in [1.165, 1.54) is 5.56 Å². The molecule has 108 valence electrons. The van der Waals surface area contributed by atoms with Gasteiger partial charge in [-0.2, -0.15) is 0 Å². The molecule has 0 fully saturated rings. The summed E-state index contributed by atoms with van der Waals surface area (Å²) < 4.78 is 0. The first-order valence-electron chi connectivity index (χ1n) is 6.69. The van der Waals surface area contributed by atoms with Crippen molar-refractivity contribution in [1.29, 1.82) is 0 Å². The van der Waals surface area contributed by atoms with E-state index in [0.29, 0.717) is 21.2 Å². The maximum atomic E-state index is 6.02. The van der Waals surface area contributed by atoms with Crippen molar-refractivity contribution in [3.63, 3.8) is 0 Å². The molecule has 0 spiro atoms. The van der Waals surface area contributed by atoms with E-state index in [4.69, 9.17) is 35.4 Å². The molecule has 2 nitrogen and oxygen atoms in total. The lowest BCUT2D eigenvalue weighted by Crippen LogP contribution is -2.38. The van der Waals surface area contributed by atoms with Gasteiger partial charge in [0.1, 0.15) is 0 Å². The van der Waals surface area contributed by atoms with Gasteiger partial charge in [0.2, 0.25) is 0 Å². The van der Waals surface area contributed by atoms with E-state index < -0.39 is 0 Å². The Morgan fingerprint density at radius 2 is 1.86 bits per heavy atom. The van der Waals surface area contributed by atoms with Crippen LogP contribution in [0.3, 0.4) is 0 Å². The molecule has 1 unspecified atom stereocenters. The zero-order valence-corrected chi connectivity index (χ0v) is 13.8. The van der Waals surface area contributed by atoms with Crippen molar-refractivity contribution >= 4 is 51.9 Å². The highest BCUT2D eigenvalue weighted by atomic mass is 35.5. The van der Waals surface area contributed by atoms with Crippen LogP contribution in [0.15, 0.2) is 42.5 Å². The van der Waals surface area contributed by atoms with Crippen LogP contribution in [0.1, 0.15) is 12.5 Å². The van der Waals surface area contributed by atoms with Crippen molar-refractivity contribution < 1.29 is 0 Å². The van der Waals surface area contributed by atoms with Gasteiger partial charge in [-0.15, -0.1) is 0 Å². The lowest BCUT2D eigenvalue weighted by atomic mass is 10.1. The maximum absolute atomic E-state index is 6.02. The van der Waals surface area contributed by atoms with Gasteiger partial charge < -0.3 is 10.2 Å². The molecule has 5 heteroatoms. The van der Waals surface area contributed by atoms with Crippen LogP contribution in [0.5, 0.6) is 0 Å². The smallest absolute Gasteiger partial charge is 0.178 e. The number of para-hydroxylation sites is 1. The summed E-state index contributed by atoms with van der Waals surface area (Å²) >= 11 is 17.6. The molecular weight excluding hydrogens is 323 g/mol. The number of rotatable bonds is 1. The Hall–Kier alpha value is -1.29. The second-order valence-electron chi connectivity index (χ2n) is 5.14. The first-order chi connectivity index (χ1) is 10.0. The van der Waals surface area contributed by atoms with Gasteiger partial charge in [-0.05, 0) is 55.4 Å². The first-order valence-corrected chi connectivity index (χ1v) is 7.85. The van der Waals surface area contributed by atoms with Gasteiger partial charge in [-0.25, -0.2) is 0 Å². The normalized spacial score (nSPS) is 16.7. The van der Waals surface area contributed by atoms with E-state index >= 15 is 0 Å². The number of thiocarbonyl (C=S) groups is 1. The minimum absolute atomic E-state index is 0.331. The third-order valence-electron chi connectivity index (χ3n) is 3.54. The molecule has 1 N–H and O–H groups in total. The van der Waals surface area contributed by atoms with E-state index in [-0.39, 0.29) is 0 Å². The van der Waals surface area contributed by atoms with E-state index in [0.717, 1.165) is 17.8 Å². The van der Waals surface area contributed by atoms with Gasteiger partial charge in [0, 0.05) is 27.5 Å². The topological polar surface area (TPSA) is 15.3 Å². The van der Waals surface area contributed by atoms with Gasteiger partial charge in [-0.3, -0.25) is 0 Å². The molecule has 3 rings (SSSR count). The highest BCUT2D eigenvalue weighted by Crippen LogP contribution is 2.32. The number of anilines is 2. The summed E-state index contributed by atoms with van der Waals surface area (Å²) in [5.41, 5.74) is 3.28. The number of hydrogen-bond donors (Lipinski definition) is 1. The Labute approximate surface area is 139 Å². The zero-order chi connectivity index (χ0) is 15.0. The SMILES string of the molecule is CC1Cc2ccccc2N1C(=S)Nc1cc(Cl)cc(Cl)c1. The molecular formula is C16H14Cl2N2S. The standard InChI is InChI=1S/C16H14Cl2N2S/c1-10-6-11-4-2-3-5-15(11)20(10)16(21)19-14-8-12(17)7-13(18)9-14/h2-5,7-10H,6H2,1H3,(H,19,21). The molecule has 21 heavy (non-hydrogen) atoms. The quantitative estimate of drug-likeness (QED) is 0.725. The highest BCUT2D eigenvalue weighted by Gasteiger charge is 2.28. The minimum Gasteiger partial charge on any atom is -0.332 e. The van der Waals surface area contributed by atoms with Crippen molar-refractivity contribution in [3.8, 4) is 0 Å². The number of nitrogens with one attached hydrogen (secondary N) is 1. The second kappa shape index (κ2) is 5.84. The van der Waals surface area contributed by atoms with E-state index in [2.05, 4.69) is 35.3 Å². The van der Waals surface area contributed by atoms with Crippen LogP contribution >= 0.6 is 35.4 Å². The van der Waals surface area contributed by atoms with Gasteiger partial charge in [0.25, 0.3) is 0 Å². The van der Waals surface area contributed by atoms with Crippen molar-refractivity contribution in [2.24, 2.45) is 0 Å². The third-order valence-corrected chi connectivity index (χ3v) is 4.28. The fourth-order valence-electron chi connectivity index (χ4n) is 2.68. The predicted molar refractivity (Wildman–Crippen MR) is 94.8 cm³/mol. The number of hydrogen-bond acceptors (Lipinski definition) is 1. The fraction of sp³-hybridized carbons (Fsp3) is 0.188. The van der Waals surface area contributed by atoms with Gasteiger partial charge in [0.05, 0.1) is 0 Å². The molecule has 0 bridgehead atoms. The molecule has 0 aliphatic carbocycles. The molecule has 1 atom stereocenters. The molecule has 1 heterocycles. The summed E-state index contributed by atoms with van der Waals surface area (Å²) in [5, 5.41) is 5.06. The average Bonchev–Trinajstić information content (AvgIpc) is 2.73. The molecule has 0 aromatic heterocycles. The van der Waals surface area contributed by atoms with Crippen LogP contribution in [0, 0.1) is 0 Å². The van der Waals surface area contributed by atoms with Crippen LogP contribution in [0.25, 0.3) is 0 Å². The molecule has 2 aromatic carbocycles. The zero-order valence-electron chi connectivity index (χ0n) is 11.4. The predicted octanol–water partition coefficient (Wildman–Crippen LogP) is 5.14. The molecule has 0 saturated carbocycles. The number of nitrogens with zero attached hydrogens (tertiary/aromatic N) is 1. The molecule has 1 aliphatic heterocycles. The molecule has 0 radical (unpaired) electrons. The summed E-state index contributed by atoms with van der Waals surface area (Å²) in [6.07, 6.45) is 0.994. The summed E-state index contributed by atoms with van der Waals surface area (Å²) in [7, 11) is 0. The second-order valence-corrected chi connectivity index (χ2v) is 6.40. The molecule has 2 aromatic rings. The summed E-state index contributed by atoms with van der Waals surface area (Å²) in [6.45, 7) is 2.17. The van der Waals surface area contributed by atoms with E-state index in [1.54, 1.807) is 6.07 Å². The molecule has 0 saturated heterocycles. The van der Waals surface area contributed by atoms with E-state index in [1.807, 2.05) is 18.2 Å². The van der Waals surface area contributed by atoms with Gasteiger partial charge >= 0.3 is 0 Å². The molecule has 0 amide bonds. The fourth-order valence-corrected chi connectivity index (χ4v) is 3.61. The van der Waals surface area contributed by atoms with E-state index in [9.17, 15) is 0 Å². The minimum atomic E-state index is 0.331. The van der Waals surface area contributed by atoms with Crippen LogP contribution < -0.4 is 10.2 Å². The Bertz CT molecular complexity index is 682. The maximum Gasteiger partial charge on any atom is 0.178 e. The Kier molecular flexibility index (Phi) is 4.07. The summed E-state index contributed by atoms with van der Waals surface area (Å²) in [5.74, 6) is 0. The van der Waals surface area contributed by atoms with Gasteiger partial charge in [-0.1, -0.05) is 41.4 Å². The van der Waals surface area contributed by atoms with Crippen LogP contribution in [-0.2, 0) is 6.42 Å². The number of halogens is 2. The first kappa shape index (κ1) is 14.6. The largest absolute Gasteiger partial charge is 0.332 e. The van der Waals surface area contributed by atoms with Gasteiger partial charge in [0.15, 0.2) is 5.11 Å². The third kappa shape index (κ3) is 3.00. The Balaban J connectivity index is 1.86. The Morgan fingerprint density at radius 1 is 1.19 bits per heavy atom. The molecule has 1 aliphatic rings. The van der Waals surface area contributed by atoms with Crippen LogP contribution in [0.2, 0.25) is 10.0 Å². The van der Waals surface area contributed by atoms with Crippen molar-refractivity contribution in [1.82, 2.24) is 0 Å². The van der Waals surface area contributed by atoms with Crippen molar-refractivity contribution in [2.75, 3.05) is 10.2 Å².